The Morgan fingerprint density at radius 2 is 1.42 bits per heavy atom. The summed E-state index contributed by atoms with van der Waals surface area (Å²) in [6.07, 6.45) is 15.3. The molecule has 0 N–H and O–H groups in total. The first-order valence-corrected chi connectivity index (χ1v) is 14.8. The van der Waals surface area contributed by atoms with Crippen LogP contribution in [-0.4, -0.2) is 11.6 Å². The zero-order valence-corrected chi connectivity index (χ0v) is 23.2. The Labute approximate surface area is 205 Å². The Bertz CT molecular complexity index is 718. The number of fused-ring (bicyclic) bond motifs is 5. The number of ether oxygens (including phenoxy) is 2. The van der Waals surface area contributed by atoms with E-state index in [0.717, 1.165) is 60.2 Å². The Balaban J connectivity index is 1.26. The van der Waals surface area contributed by atoms with Gasteiger partial charge in [0.25, 0.3) is 0 Å². The van der Waals surface area contributed by atoms with Gasteiger partial charge >= 0.3 is 0 Å². The van der Waals surface area contributed by atoms with Crippen LogP contribution in [0, 0.1) is 58.2 Å². The second-order valence-corrected chi connectivity index (χ2v) is 14.9. The lowest BCUT2D eigenvalue weighted by Crippen LogP contribution is -2.65. The molecule has 1 spiro atoms. The van der Waals surface area contributed by atoms with Gasteiger partial charge in [0.05, 0.1) is 0 Å². The molecule has 2 nitrogen and oxygen atoms in total. The molecule has 0 bridgehead atoms. The molecule has 0 amide bonds. The molecular weight excluding hydrogens is 404 g/mol. The van der Waals surface area contributed by atoms with Gasteiger partial charge < -0.3 is 9.47 Å². The van der Waals surface area contributed by atoms with Crippen molar-refractivity contribution in [1.82, 2.24) is 0 Å². The highest BCUT2D eigenvalue weighted by Crippen LogP contribution is 2.70. The molecule has 5 rings (SSSR count). The average Bonchev–Trinajstić information content (AvgIpc) is 3.08. The van der Waals surface area contributed by atoms with Crippen LogP contribution in [0.3, 0.4) is 0 Å². The van der Waals surface area contributed by atoms with Crippen LogP contribution >= 0.6 is 0 Å². The molecule has 5 fully saturated rings. The van der Waals surface area contributed by atoms with E-state index < -0.39 is 0 Å². The summed E-state index contributed by atoms with van der Waals surface area (Å²) < 4.78 is 12.7. The molecule has 2 heteroatoms. The predicted octanol–water partition coefficient (Wildman–Crippen LogP) is 8.83. The summed E-state index contributed by atoms with van der Waals surface area (Å²) in [5, 5.41) is 0. The molecule has 0 unspecified atom stereocenters. The molecule has 9 atom stereocenters. The third-order valence-corrected chi connectivity index (χ3v) is 12.5. The maximum Gasteiger partial charge on any atom is 0.175 e. The molecule has 0 aromatic carbocycles. The third kappa shape index (κ3) is 3.96. The summed E-state index contributed by atoms with van der Waals surface area (Å²) in [7, 11) is 0. The van der Waals surface area contributed by atoms with Crippen LogP contribution in [0.2, 0.25) is 0 Å². The first-order chi connectivity index (χ1) is 15.4. The van der Waals surface area contributed by atoms with Crippen LogP contribution in [0.25, 0.3) is 0 Å². The standard InChI is InChI=1S/C31H54O2/c1-20(2)21(3)9-10-22(4)25-13-14-26-24-12-11-23-19-31(32-28(5,6)33-31)18-17-29(23,7)27(24)15-16-30(25,26)8/h20-27H,9-19H2,1-8H3/t21-,22+,23-,24-,25+,26-,27-,29-,30+/m0/s1. The lowest BCUT2D eigenvalue weighted by Gasteiger charge is -2.65. The molecule has 1 aliphatic heterocycles. The van der Waals surface area contributed by atoms with E-state index in [0.29, 0.717) is 10.8 Å². The van der Waals surface area contributed by atoms with Gasteiger partial charge in [-0.15, -0.1) is 0 Å². The van der Waals surface area contributed by atoms with Crippen molar-refractivity contribution >= 4 is 0 Å². The zero-order chi connectivity index (χ0) is 23.8. The van der Waals surface area contributed by atoms with E-state index >= 15 is 0 Å². The lowest BCUT2D eigenvalue weighted by molar-refractivity contribution is -0.511. The van der Waals surface area contributed by atoms with Crippen LogP contribution in [0.1, 0.15) is 126 Å². The monoisotopic (exact) mass is 458 g/mol. The van der Waals surface area contributed by atoms with Crippen molar-refractivity contribution in [3.8, 4) is 0 Å². The van der Waals surface area contributed by atoms with E-state index in [1.165, 1.54) is 57.8 Å². The fourth-order valence-electron chi connectivity index (χ4n) is 10.3. The largest absolute Gasteiger partial charge is 0.319 e. The molecule has 33 heavy (non-hydrogen) atoms. The minimum absolute atomic E-state index is 0.245. The Hall–Kier alpha value is -0.0800. The molecule has 1 heterocycles. The normalized spacial score (nSPS) is 47.4. The highest BCUT2D eigenvalue weighted by Gasteiger charge is 2.64. The number of hydrogen-bond acceptors (Lipinski definition) is 2. The van der Waals surface area contributed by atoms with Crippen LogP contribution in [0.15, 0.2) is 0 Å². The van der Waals surface area contributed by atoms with Gasteiger partial charge in [-0.1, -0.05) is 54.4 Å². The summed E-state index contributed by atoms with van der Waals surface area (Å²) in [6, 6.07) is 0. The molecule has 190 valence electrons. The van der Waals surface area contributed by atoms with Crippen molar-refractivity contribution in [3.05, 3.63) is 0 Å². The van der Waals surface area contributed by atoms with Gasteiger partial charge in [-0.05, 0) is 117 Å². The van der Waals surface area contributed by atoms with Crippen LogP contribution in [0.5, 0.6) is 0 Å². The Morgan fingerprint density at radius 3 is 2.09 bits per heavy atom. The van der Waals surface area contributed by atoms with Crippen molar-refractivity contribution in [3.63, 3.8) is 0 Å². The summed E-state index contributed by atoms with van der Waals surface area (Å²) in [5.74, 6) is 6.64. The fraction of sp³-hybridized carbons (Fsp3) is 1.00. The fourth-order valence-corrected chi connectivity index (χ4v) is 10.3. The highest BCUT2D eigenvalue weighted by atomic mass is 16.9. The van der Waals surface area contributed by atoms with Gasteiger partial charge in [0.2, 0.25) is 0 Å². The maximum atomic E-state index is 6.34. The molecule has 1 saturated heterocycles. The van der Waals surface area contributed by atoms with Gasteiger partial charge in [0, 0.05) is 12.8 Å². The van der Waals surface area contributed by atoms with E-state index in [-0.39, 0.29) is 11.6 Å². The first-order valence-electron chi connectivity index (χ1n) is 14.8. The van der Waals surface area contributed by atoms with Crippen molar-refractivity contribution in [2.75, 3.05) is 0 Å². The highest BCUT2D eigenvalue weighted by molar-refractivity contribution is 5.11. The molecule has 0 radical (unpaired) electrons. The number of hydrogen-bond donors (Lipinski definition) is 0. The minimum atomic E-state index is -0.361. The van der Waals surface area contributed by atoms with Crippen LogP contribution < -0.4 is 0 Å². The van der Waals surface area contributed by atoms with Gasteiger partial charge in [-0.3, -0.25) is 0 Å². The smallest absolute Gasteiger partial charge is 0.175 e. The zero-order valence-electron chi connectivity index (χ0n) is 23.2. The molecule has 4 aliphatic carbocycles. The maximum absolute atomic E-state index is 6.34. The second kappa shape index (κ2) is 8.22. The summed E-state index contributed by atoms with van der Waals surface area (Å²) in [5.41, 5.74) is 1.11. The predicted molar refractivity (Wildman–Crippen MR) is 137 cm³/mol. The van der Waals surface area contributed by atoms with Gasteiger partial charge in [-0.25, -0.2) is 0 Å². The first kappa shape index (κ1) is 24.6. The molecule has 4 saturated carbocycles. The van der Waals surface area contributed by atoms with Gasteiger partial charge in [0.15, 0.2) is 11.6 Å². The topological polar surface area (TPSA) is 18.5 Å². The SMILES string of the molecule is CC(C)[C@@H](C)CC[C@@H](C)[C@H]1CC[C@H]2[C@@H]3CC[C@H]4CC5(CC[C@]4(C)[C@H]3CC[C@]12C)OC(C)(C)O5. The Kier molecular flexibility index (Phi) is 6.13. The van der Waals surface area contributed by atoms with Crippen molar-refractivity contribution in [2.45, 2.75) is 138 Å². The number of rotatable bonds is 5. The minimum Gasteiger partial charge on any atom is -0.319 e. The molecule has 5 aliphatic rings. The molecule has 0 aromatic heterocycles. The van der Waals surface area contributed by atoms with Crippen molar-refractivity contribution in [2.24, 2.45) is 58.2 Å². The van der Waals surface area contributed by atoms with Gasteiger partial charge in [-0.2, -0.15) is 0 Å². The van der Waals surface area contributed by atoms with Crippen LogP contribution in [0.4, 0.5) is 0 Å². The quantitative estimate of drug-likeness (QED) is 0.409. The van der Waals surface area contributed by atoms with E-state index in [1.54, 1.807) is 0 Å². The summed E-state index contributed by atoms with van der Waals surface area (Å²) >= 11 is 0. The van der Waals surface area contributed by atoms with E-state index in [4.69, 9.17) is 9.47 Å². The van der Waals surface area contributed by atoms with Crippen molar-refractivity contribution < 1.29 is 9.47 Å². The average molecular weight is 459 g/mol. The van der Waals surface area contributed by atoms with E-state index in [2.05, 4.69) is 55.4 Å². The van der Waals surface area contributed by atoms with E-state index in [1.807, 2.05) is 0 Å². The van der Waals surface area contributed by atoms with E-state index in [9.17, 15) is 0 Å². The Morgan fingerprint density at radius 1 is 0.727 bits per heavy atom. The lowest BCUT2D eigenvalue weighted by atomic mass is 9.44. The molecular formula is C31H54O2. The van der Waals surface area contributed by atoms with Crippen LogP contribution in [-0.2, 0) is 9.47 Å². The second-order valence-electron chi connectivity index (χ2n) is 14.9. The summed E-state index contributed by atoms with van der Waals surface area (Å²) in [4.78, 5) is 0. The summed E-state index contributed by atoms with van der Waals surface area (Å²) in [6.45, 7) is 19.4. The van der Waals surface area contributed by atoms with Gasteiger partial charge in [0.1, 0.15) is 0 Å². The van der Waals surface area contributed by atoms with Crippen molar-refractivity contribution in [1.29, 1.82) is 0 Å². The third-order valence-electron chi connectivity index (χ3n) is 12.5. The molecule has 0 aromatic rings.